The van der Waals surface area contributed by atoms with Gasteiger partial charge in [-0.05, 0) is 67.6 Å². The van der Waals surface area contributed by atoms with Crippen LogP contribution in [-0.2, 0) is 11.4 Å². The van der Waals surface area contributed by atoms with E-state index >= 15 is 0 Å². The molecule has 2 saturated heterocycles. The number of nitrogens with one attached hydrogen (secondary N) is 1. The second-order valence-corrected chi connectivity index (χ2v) is 7.67. The molecule has 2 heterocycles. The van der Waals surface area contributed by atoms with Gasteiger partial charge >= 0.3 is 0 Å². The highest BCUT2D eigenvalue weighted by Gasteiger charge is 2.31. The van der Waals surface area contributed by atoms with Gasteiger partial charge in [-0.25, -0.2) is 0 Å². The minimum Gasteiger partial charge on any atom is -0.489 e. The summed E-state index contributed by atoms with van der Waals surface area (Å²) in [5.74, 6) is 3.01. The summed E-state index contributed by atoms with van der Waals surface area (Å²) in [4.78, 5) is 14.5. The lowest BCUT2D eigenvalue weighted by atomic mass is 9.92. The predicted molar refractivity (Wildman–Crippen MR) is 108 cm³/mol. The number of benzene rings is 2. The largest absolute Gasteiger partial charge is 0.489 e. The molecule has 2 aliphatic heterocycles. The van der Waals surface area contributed by atoms with Crippen LogP contribution in [0.3, 0.4) is 0 Å². The van der Waals surface area contributed by atoms with Crippen molar-refractivity contribution in [2.75, 3.05) is 32.8 Å². The van der Waals surface area contributed by atoms with Gasteiger partial charge in [0.25, 0.3) is 5.91 Å². The first-order valence-corrected chi connectivity index (χ1v) is 10.2. The summed E-state index contributed by atoms with van der Waals surface area (Å²) in [6, 6.07) is 17.5. The Labute approximate surface area is 166 Å². The molecule has 2 fully saturated rings. The van der Waals surface area contributed by atoms with Crippen molar-refractivity contribution in [1.82, 2.24) is 10.2 Å². The second-order valence-electron chi connectivity index (χ2n) is 7.67. The van der Waals surface area contributed by atoms with Crippen molar-refractivity contribution in [2.24, 2.45) is 11.8 Å². The van der Waals surface area contributed by atoms with Crippen molar-refractivity contribution in [3.63, 3.8) is 0 Å². The summed E-state index contributed by atoms with van der Waals surface area (Å²) in [6.45, 7) is 4.52. The third-order valence-electron chi connectivity index (χ3n) is 5.81. The molecule has 5 heteroatoms. The SMILES string of the molecule is O=C(COc1ccc(OCc2ccccc2)cc1)N1CC[C@@H]2CNC[C@@H]2CC1. The zero-order valence-electron chi connectivity index (χ0n) is 16.2. The van der Waals surface area contributed by atoms with Crippen LogP contribution in [0.5, 0.6) is 11.5 Å². The van der Waals surface area contributed by atoms with Gasteiger partial charge in [-0.2, -0.15) is 0 Å². The van der Waals surface area contributed by atoms with Gasteiger partial charge in [0.05, 0.1) is 0 Å². The summed E-state index contributed by atoms with van der Waals surface area (Å²) in [7, 11) is 0. The highest BCUT2D eigenvalue weighted by Crippen LogP contribution is 2.27. The van der Waals surface area contributed by atoms with Crippen LogP contribution in [0.2, 0.25) is 0 Å². The Morgan fingerprint density at radius 3 is 2.14 bits per heavy atom. The van der Waals surface area contributed by atoms with Crippen LogP contribution in [0.25, 0.3) is 0 Å². The van der Waals surface area contributed by atoms with Crippen molar-refractivity contribution in [2.45, 2.75) is 19.4 Å². The van der Waals surface area contributed by atoms with Gasteiger partial charge in [-0.1, -0.05) is 30.3 Å². The van der Waals surface area contributed by atoms with Gasteiger partial charge in [0.1, 0.15) is 18.1 Å². The first-order valence-electron chi connectivity index (χ1n) is 10.2. The number of hydrogen-bond acceptors (Lipinski definition) is 4. The fourth-order valence-corrected chi connectivity index (χ4v) is 4.08. The zero-order chi connectivity index (χ0) is 19.2. The fraction of sp³-hybridized carbons (Fsp3) is 0.435. The number of ether oxygens (including phenoxy) is 2. The highest BCUT2D eigenvalue weighted by molar-refractivity contribution is 5.77. The highest BCUT2D eigenvalue weighted by atomic mass is 16.5. The van der Waals surface area contributed by atoms with Gasteiger partial charge < -0.3 is 19.7 Å². The van der Waals surface area contributed by atoms with Crippen LogP contribution in [-0.4, -0.2) is 43.6 Å². The third kappa shape index (κ3) is 4.84. The molecule has 1 N–H and O–H groups in total. The van der Waals surface area contributed by atoms with Gasteiger partial charge in [0.2, 0.25) is 0 Å². The van der Waals surface area contributed by atoms with Crippen molar-refractivity contribution in [3.8, 4) is 11.5 Å². The fourth-order valence-electron chi connectivity index (χ4n) is 4.08. The monoisotopic (exact) mass is 380 g/mol. The van der Waals surface area contributed by atoms with Gasteiger partial charge in [-0.3, -0.25) is 4.79 Å². The van der Waals surface area contributed by atoms with E-state index in [9.17, 15) is 4.79 Å². The smallest absolute Gasteiger partial charge is 0.260 e. The normalized spacial score (nSPS) is 21.6. The number of nitrogens with zero attached hydrogens (tertiary/aromatic N) is 1. The maximum atomic E-state index is 12.5. The van der Waals surface area contributed by atoms with Crippen LogP contribution in [0, 0.1) is 11.8 Å². The summed E-state index contributed by atoms with van der Waals surface area (Å²) in [5, 5.41) is 3.47. The molecule has 0 unspecified atom stereocenters. The molecule has 0 radical (unpaired) electrons. The number of rotatable bonds is 6. The van der Waals surface area contributed by atoms with E-state index < -0.39 is 0 Å². The standard InChI is InChI=1S/C23H28N2O3/c26-23(25-12-10-19-14-24-15-20(19)11-13-25)17-28-22-8-6-21(7-9-22)27-16-18-4-2-1-3-5-18/h1-9,19-20,24H,10-17H2/t19-,20+. The average molecular weight is 380 g/mol. The maximum absolute atomic E-state index is 12.5. The molecule has 4 rings (SSSR count). The molecule has 0 spiro atoms. The number of hydrogen-bond donors (Lipinski definition) is 1. The van der Waals surface area contributed by atoms with Crippen LogP contribution in [0.1, 0.15) is 18.4 Å². The first kappa shape index (κ1) is 18.8. The summed E-state index contributed by atoms with van der Waals surface area (Å²) in [6.07, 6.45) is 2.19. The summed E-state index contributed by atoms with van der Waals surface area (Å²) < 4.78 is 11.5. The second kappa shape index (κ2) is 9.11. The Hall–Kier alpha value is -2.53. The average Bonchev–Trinajstić information content (AvgIpc) is 3.10. The van der Waals surface area contributed by atoms with Crippen molar-refractivity contribution in [1.29, 1.82) is 0 Å². The Kier molecular flexibility index (Phi) is 6.12. The third-order valence-corrected chi connectivity index (χ3v) is 5.81. The Balaban J connectivity index is 1.22. The van der Waals surface area contributed by atoms with Crippen LogP contribution < -0.4 is 14.8 Å². The van der Waals surface area contributed by atoms with E-state index in [2.05, 4.69) is 5.32 Å². The number of carbonyl (C=O) groups excluding carboxylic acids is 1. The molecule has 2 atom stereocenters. The van der Waals surface area contributed by atoms with E-state index in [0.717, 1.165) is 62.2 Å². The topological polar surface area (TPSA) is 50.8 Å². The molecule has 0 aromatic heterocycles. The molecule has 1 amide bonds. The zero-order valence-corrected chi connectivity index (χ0v) is 16.2. The lowest BCUT2D eigenvalue weighted by Gasteiger charge is -2.21. The number of amides is 1. The first-order chi connectivity index (χ1) is 13.8. The van der Waals surface area contributed by atoms with E-state index in [1.807, 2.05) is 59.5 Å². The minimum absolute atomic E-state index is 0.0809. The van der Waals surface area contributed by atoms with Crippen molar-refractivity contribution < 1.29 is 14.3 Å². The van der Waals surface area contributed by atoms with E-state index in [1.165, 1.54) is 0 Å². The van der Waals surface area contributed by atoms with Crippen LogP contribution >= 0.6 is 0 Å². The molecule has 0 bridgehead atoms. The molecule has 148 valence electrons. The van der Waals surface area contributed by atoms with E-state index in [-0.39, 0.29) is 12.5 Å². The quantitative estimate of drug-likeness (QED) is 0.837. The molecule has 2 aromatic rings. The van der Waals surface area contributed by atoms with E-state index in [4.69, 9.17) is 9.47 Å². The molecule has 5 nitrogen and oxygen atoms in total. The molecular formula is C23H28N2O3. The number of carbonyl (C=O) groups is 1. The molecule has 0 aliphatic carbocycles. The molecule has 2 aromatic carbocycles. The Bertz CT molecular complexity index is 749. The van der Waals surface area contributed by atoms with Crippen LogP contribution in [0.4, 0.5) is 0 Å². The van der Waals surface area contributed by atoms with Gasteiger partial charge in [0.15, 0.2) is 6.61 Å². The predicted octanol–water partition coefficient (Wildman–Crippen LogP) is 3.10. The number of fused-ring (bicyclic) bond motifs is 1. The van der Waals surface area contributed by atoms with Crippen molar-refractivity contribution in [3.05, 3.63) is 60.2 Å². The Morgan fingerprint density at radius 1 is 0.893 bits per heavy atom. The number of likely N-dealkylation sites (tertiary alicyclic amines) is 1. The lowest BCUT2D eigenvalue weighted by Crippen LogP contribution is -2.36. The summed E-state index contributed by atoms with van der Waals surface area (Å²) in [5.41, 5.74) is 1.13. The lowest BCUT2D eigenvalue weighted by molar-refractivity contribution is -0.133. The molecule has 0 saturated carbocycles. The van der Waals surface area contributed by atoms with Crippen molar-refractivity contribution >= 4 is 5.91 Å². The van der Waals surface area contributed by atoms with Gasteiger partial charge in [0, 0.05) is 13.1 Å². The maximum Gasteiger partial charge on any atom is 0.260 e. The summed E-state index contributed by atoms with van der Waals surface area (Å²) >= 11 is 0. The van der Waals surface area contributed by atoms with Gasteiger partial charge in [-0.15, -0.1) is 0 Å². The van der Waals surface area contributed by atoms with E-state index in [1.54, 1.807) is 0 Å². The molecular weight excluding hydrogens is 352 g/mol. The Morgan fingerprint density at radius 2 is 1.50 bits per heavy atom. The molecule has 2 aliphatic rings. The minimum atomic E-state index is 0.0809. The van der Waals surface area contributed by atoms with E-state index in [0.29, 0.717) is 12.4 Å². The molecule has 28 heavy (non-hydrogen) atoms. The van der Waals surface area contributed by atoms with Crippen LogP contribution in [0.15, 0.2) is 54.6 Å².